The monoisotopic (exact) mass is 903 g/mol. The SMILES string of the molecule is CCCCCCCC/C=C\CCCCCCCCCC(=O)OCC(COC(=O)CCCCCCCCCCCCCCC)OC(=O)CCCCCCCCCCCCCCCCCC. The number of carbonyl (C=O) groups excluding carboxylic acids is 3. The molecule has 378 valence electrons. The Morgan fingerprint density at radius 1 is 0.297 bits per heavy atom. The largest absolute Gasteiger partial charge is 0.462 e. The Hall–Kier alpha value is -1.85. The van der Waals surface area contributed by atoms with E-state index in [1.165, 1.54) is 225 Å². The minimum absolute atomic E-state index is 0.0653. The molecule has 0 saturated heterocycles. The Morgan fingerprint density at radius 2 is 0.516 bits per heavy atom. The second-order valence-corrected chi connectivity index (χ2v) is 19.6. The molecule has 0 aliphatic rings. The lowest BCUT2D eigenvalue weighted by Gasteiger charge is -2.18. The van der Waals surface area contributed by atoms with E-state index in [1.807, 2.05) is 0 Å². The summed E-state index contributed by atoms with van der Waals surface area (Å²) in [5.74, 6) is -0.846. The lowest BCUT2D eigenvalue weighted by Crippen LogP contribution is -2.30. The van der Waals surface area contributed by atoms with Gasteiger partial charge in [-0.05, 0) is 44.9 Å². The molecule has 0 aromatic carbocycles. The Kier molecular flexibility index (Phi) is 52.2. The first-order valence-electron chi connectivity index (χ1n) is 28.7. The van der Waals surface area contributed by atoms with Gasteiger partial charge in [0, 0.05) is 19.3 Å². The van der Waals surface area contributed by atoms with Crippen molar-refractivity contribution >= 4 is 17.9 Å². The molecule has 0 spiro atoms. The molecule has 0 amide bonds. The van der Waals surface area contributed by atoms with Crippen molar-refractivity contribution < 1.29 is 28.6 Å². The van der Waals surface area contributed by atoms with Gasteiger partial charge < -0.3 is 14.2 Å². The summed E-state index contributed by atoms with van der Waals surface area (Å²) in [6.45, 7) is 6.69. The topological polar surface area (TPSA) is 78.9 Å². The first-order valence-corrected chi connectivity index (χ1v) is 28.7. The number of hydrogen-bond donors (Lipinski definition) is 0. The quantitative estimate of drug-likeness (QED) is 0.0262. The molecule has 1 unspecified atom stereocenters. The predicted molar refractivity (Wildman–Crippen MR) is 275 cm³/mol. The minimum Gasteiger partial charge on any atom is -0.462 e. The van der Waals surface area contributed by atoms with Crippen LogP contribution in [-0.2, 0) is 28.6 Å². The molecular formula is C58H110O6. The second kappa shape index (κ2) is 53.8. The highest BCUT2D eigenvalue weighted by Gasteiger charge is 2.19. The number of ether oxygens (including phenoxy) is 3. The van der Waals surface area contributed by atoms with Gasteiger partial charge in [0.25, 0.3) is 0 Å². The van der Waals surface area contributed by atoms with E-state index in [9.17, 15) is 14.4 Å². The van der Waals surface area contributed by atoms with Crippen LogP contribution < -0.4 is 0 Å². The lowest BCUT2D eigenvalue weighted by atomic mass is 10.0. The Bertz CT molecular complexity index is 993. The van der Waals surface area contributed by atoms with Gasteiger partial charge in [0.15, 0.2) is 6.10 Å². The summed E-state index contributed by atoms with van der Waals surface area (Å²) in [5, 5.41) is 0. The van der Waals surface area contributed by atoms with Crippen molar-refractivity contribution in [3.8, 4) is 0 Å². The summed E-state index contributed by atoms with van der Waals surface area (Å²) in [6.07, 6.45) is 60.5. The summed E-state index contributed by atoms with van der Waals surface area (Å²) in [5.41, 5.74) is 0. The van der Waals surface area contributed by atoms with Gasteiger partial charge in [-0.2, -0.15) is 0 Å². The maximum atomic E-state index is 12.8. The first-order chi connectivity index (χ1) is 31.5. The van der Waals surface area contributed by atoms with Crippen molar-refractivity contribution in [3.05, 3.63) is 12.2 Å². The maximum Gasteiger partial charge on any atom is 0.306 e. The predicted octanol–water partition coefficient (Wildman–Crippen LogP) is 18.9. The number of allylic oxidation sites excluding steroid dienone is 2. The third-order valence-electron chi connectivity index (χ3n) is 13.0. The summed E-state index contributed by atoms with van der Waals surface area (Å²) < 4.78 is 16.9. The smallest absolute Gasteiger partial charge is 0.306 e. The summed E-state index contributed by atoms with van der Waals surface area (Å²) in [6, 6.07) is 0. The zero-order valence-corrected chi connectivity index (χ0v) is 43.3. The molecule has 6 nitrogen and oxygen atoms in total. The molecule has 0 aromatic rings. The molecule has 6 heteroatoms. The van der Waals surface area contributed by atoms with Crippen LogP contribution in [-0.4, -0.2) is 37.2 Å². The van der Waals surface area contributed by atoms with Crippen LogP contribution in [0.5, 0.6) is 0 Å². The highest BCUT2D eigenvalue weighted by molar-refractivity contribution is 5.71. The zero-order valence-electron chi connectivity index (χ0n) is 43.3. The Morgan fingerprint density at radius 3 is 0.781 bits per heavy atom. The van der Waals surface area contributed by atoms with Crippen LogP contribution >= 0.6 is 0 Å². The van der Waals surface area contributed by atoms with Crippen LogP contribution in [0.1, 0.15) is 323 Å². The van der Waals surface area contributed by atoms with Crippen LogP contribution in [0.25, 0.3) is 0 Å². The number of hydrogen-bond acceptors (Lipinski definition) is 6. The van der Waals surface area contributed by atoms with Gasteiger partial charge in [0.2, 0.25) is 0 Å². The number of esters is 3. The van der Waals surface area contributed by atoms with E-state index in [2.05, 4.69) is 32.9 Å². The van der Waals surface area contributed by atoms with Crippen molar-refractivity contribution in [2.45, 2.75) is 329 Å². The van der Waals surface area contributed by atoms with Crippen LogP contribution in [0.3, 0.4) is 0 Å². The third-order valence-corrected chi connectivity index (χ3v) is 13.0. The average molecular weight is 904 g/mol. The van der Waals surface area contributed by atoms with E-state index in [-0.39, 0.29) is 31.1 Å². The molecule has 0 aliphatic carbocycles. The molecular weight excluding hydrogens is 793 g/mol. The molecule has 0 N–H and O–H groups in total. The fourth-order valence-electron chi connectivity index (χ4n) is 8.68. The van der Waals surface area contributed by atoms with E-state index in [1.54, 1.807) is 0 Å². The molecule has 1 atom stereocenters. The molecule has 0 fully saturated rings. The van der Waals surface area contributed by atoms with Gasteiger partial charge in [-0.25, -0.2) is 0 Å². The van der Waals surface area contributed by atoms with Crippen molar-refractivity contribution in [3.63, 3.8) is 0 Å². The van der Waals surface area contributed by atoms with Crippen LogP contribution in [0.4, 0.5) is 0 Å². The van der Waals surface area contributed by atoms with E-state index in [4.69, 9.17) is 14.2 Å². The maximum absolute atomic E-state index is 12.8. The third kappa shape index (κ3) is 51.1. The number of unbranched alkanes of at least 4 members (excludes halogenated alkanes) is 40. The molecule has 0 aromatic heterocycles. The van der Waals surface area contributed by atoms with Gasteiger partial charge in [-0.15, -0.1) is 0 Å². The molecule has 0 rings (SSSR count). The fourth-order valence-corrected chi connectivity index (χ4v) is 8.68. The molecule has 0 saturated carbocycles. The molecule has 0 aliphatic heterocycles. The van der Waals surface area contributed by atoms with Crippen molar-refractivity contribution in [2.75, 3.05) is 13.2 Å². The summed E-state index contributed by atoms with van der Waals surface area (Å²) >= 11 is 0. The standard InChI is InChI=1S/C58H110O6/c1-4-7-10-13-16-19-22-25-27-29-31-33-36-39-42-45-48-51-57(60)63-54-55(53-62-56(59)50-47-44-41-38-35-32-24-21-18-15-12-9-6-3)64-58(61)52-49-46-43-40-37-34-30-28-26-23-20-17-14-11-8-5-2/h25,27,55H,4-24,26,28-54H2,1-3H3/b27-25-. The van der Waals surface area contributed by atoms with Gasteiger partial charge in [-0.3, -0.25) is 14.4 Å². The van der Waals surface area contributed by atoms with Crippen LogP contribution in [0.2, 0.25) is 0 Å². The van der Waals surface area contributed by atoms with Gasteiger partial charge in [0.1, 0.15) is 13.2 Å². The molecule has 0 bridgehead atoms. The van der Waals surface area contributed by atoms with E-state index >= 15 is 0 Å². The first kappa shape index (κ1) is 62.1. The number of rotatable bonds is 53. The lowest BCUT2D eigenvalue weighted by molar-refractivity contribution is -0.167. The average Bonchev–Trinajstić information content (AvgIpc) is 3.29. The zero-order chi connectivity index (χ0) is 46.5. The Balaban J connectivity index is 4.31. The van der Waals surface area contributed by atoms with E-state index in [0.717, 1.165) is 57.8 Å². The fraction of sp³-hybridized carbons (Fsp3) is 0.914. The normalized spacial score (nSPS) is 12.0. The van der Waals surface area contributed by atoms with Crippen molar-refractivity contribution in [1.29, 1.82) is 0 Å². The van der Waals surface area contributed by atoms with Crippen molar-refractivity contribution in [2.24, 2.45) is 0 Å². The highest BCUT2D eigenvalue weighted by atomic mass is 16.6. The van der Waals surface area contributed by atoms with Gasteiger partial charge >= 0.3 is 17.9 Å². The van der Waals surface area contributed by atoms with Gasteiger partial charge in [-0.1, -0.05) is 270 Å². The minimum atomic E-state index is -0.765. The van der Waals surface area contributed by atoms with E-state index < -0.39 is 6.10 Å². The van der Waals surface area contributed by atoms with Crippen molar-refractivity contribution in [1.82, 2.24) is 0 Å². The number of carbonyl (C=O) groups is 3. The highest BCUT2D eigenvalue weighted by Crippen LogP contribution is 2.17. The summed E-state index contributed by atoms with van der Waals surface area (Å²) in [7, 11) is 0. The summed E-state index contributed by atoms with van der Waals surface area (Å²) in [4.78, 5) is 38.1. The Labute approximate surface area is 399 Å². The van der Waals surface area contributed by atoms with Gasteiger partial charge in [0.05, 0.1) is 0 Å². The van der Waals surface area contributed by atoms with Crippen LogP contribution in [0, 0.1) is 0 Å². The molecule has 0 radical (unpaired) electrons. The molecule has 64 heavy (non-hydrogen) atoms. The van der Waals surface area contributed by atoms with E-state index in [0.29, 0.717) is 19.3 Å². The molecule has 0 heterocycles. The second-order valence-electron chi connectivity index (χ2n) is 19.6. The van der Waals surface area contributed by atoms with Crippen LogP contribution in [0.15, 0.2) is 12.2 Å².